The molecule has 0 fully saturated rings. The summed E-state index contributed by atoms with van der Waals surface area (Å²) in [4.78, 5) is 14.0. The fourth-order valence-electron chi connectivity index (χ4n) is 1.67. The van der Waals surface area contributed by atoms with Crippen LogP contribution in [0.4, 0.5) is 4.79 Å². The van der Waals surface area contributed by atoms with E-state index in [1.54, 1.807) is 4.90 Å². The summed E-state index contributed by atoms with van der Waals surface area (Å²) < 4.78 is 6.60. The number of carbonyl (C=O) groups is 1. The molecule has 0 saturated heterocycles. The smallest absolute Gasteiger partial charge is 0.410 e. The molecule has 0 bridgehead atoms. The van der Waals surface area contributed by atoms with Crippen LogP contribution in [0.3, 0.4) is 0 Å². The third kappa shape index (κ3) is 5.94. The third-order valence-electron chi connectivity index (χ3n) is 2.43. The minimum atomic E-state index is -0.492. The molecule has 0 aliphatic rings. The molecule has 0 atom stereocenters. The number of nitrogens with zero attached hydrogens (tertiary/aromatic N) is 1. The molecule has 1 rings (SSSR count). The highest BCUT2D eigenvalue weighted by Gasteiger charge is 2.22. The van der Waals surface area contributed by atoms with Gasteiger partial charge in [0.25, 0.3) is 0 Å². The first-order chi connectivity index (χ1) is 9.19. The summed E-state index contributed by atoms with van der Waals surface area (Å²) in [7, 11) is 0. The topological polar surface area (TPSA) is 29.5 Å². The van der Waals surface area contributed by atoms with Gasteiger partial charge in [-0.25, -0.2) is 4.79 Å². The molecular formula is C16H22INO2. The van der Waals surface area contributed by atoms with Gasteiger partial charge in [-0.05, 0) is 61.9 Å². The van der Waals surface area contributed by atoms with Crippen LogP contribution in [-0.4, -0.2) is 23.1 Å². The molecule has 0 aliphatic heterocycles. The van der Waals surface area contributed by atoms with Crippen molar-refractivity contribution in [2.75, 3.05) is 6.54 Å². The summed E-state index contributed by atoms with van der Waals surface area (Å²) in [5, 5.41) is 0. The maximum atomic E-state index is 12.3. The molecule has 20 heavy (non-hydrogen) atoms. The van der Waals surface area contributed by atoms with E-state index in [0.29, 0.717) is 13.1 Å². The number of halogens is 1. The van der Waals surface area contributed by atoms with Gasteiger partial charge < -0.3 is 4.74 Å². The van der Waals surface area contributed by atoms with Crippen molar-refractivity contribution < 1.29 is 9.53 Å². The Labute approximate surface area is 135 Å². The molecule has 0 aliphatic carbocycles. The van der Waals surface area contributed by atoms with Crippen LogP contribution in [0.1, 0.15) is 33.3 Å². The van der Waals surface area contributed by atoms with Crippen LogP contribution in [0.2, 0.25) is 0 Å². The predicted octanol–water partition coefficient (Wildman–Crippen LogP) is 4.60. The Morgan fingerprint density at radius 3 is 2.45 bits per heavy atom. The fourth-order valence-corrected chi connectivity index (χ4v) is 2.23. The van der Waals surface area contributed by atoms with Crippen LogP contribution in [-0.2, 0) is 11.3 Å². The van der Waals surface area contributed by atoms with Crippen LogP contribution in [0, 0.1) is 3.57 Å². The minimum absolute atomic E-state index is 0.305. The molecule has 0 heterocycles. The van der Waals surface area contributed by atoms with E-state index in [2.05, 4.69) is 29.2 Å². The lowest BCUT2D eigenvalue weighted by atomic mass is 10.2. The fraction of sp³-hybridized carbons (Fsp3) is 0.438. The molecule has 0 radical (unpaired) electrons. The normalized spacial score (nSPS) is 11.1. The second-order valence-corrected chi connectivity index (χ2v) is 7.05. The van der Waals surface area contributed by atoms with E-state index < -0.39 is 5.60 Å². The van der Waals surface area contributed by atoms with Crippen LogP contribution < -0.4 is 0 Å². The lowest BCUT2D eigenvalue weighted by Crippen LogP contribution is -2.37. The van der Waals surface area contributed by atoms with Gasteiger partial charge in [0.1, 0.15) is 5.60 Å². The van der Waals surface area contributed by atoms with E-state index in [1.807, 2.05) is 52.0 Å². The Kier molecular flexibility index (Phi) is 6.05. The van der Waals surface area contributed by atoms with Gasteiger partial charge in [-0.1, -0.05) is 30.4 Å². The average molecular weight is 387 g/mol. The first kappa shape index (κ1) is 17.0. The summed E-state index contributed by atoms with van der Waals surface area (Å²) in [6.07, 6.45) is -0.305. The maximum Gasteiger partial charge on any atom is 0.410 e. The van der Waals surface area contributed by atoms with Gasteiger partial charge in [0.15, 0.2) is 0 Å². The molecule has 1 aromatic rings. The van der Waals surface area contributed by atoms with E-state index in [4.69, 9.17) is 4.74 Å². The lowest BCUT2D eigenvalue weighted by Gasteiger charge is -2.28. The molecule has 110 valence electrons. The molecule has 1 amide bonds. The molecule has 0 unspecified atom stereocenters. The summed E-state index contributed by atoms with van der Waals surface area (Å²) >= 11 is 2.28. The summed E-state index contributed by atoms with van der Waals surface area (Å²) in [5.41, 5.74) is 1.55. The zero-order chi connectivity index (χ0) is 15.3. The standard InChI is InChI=1S/C16H22INO2/c1-12(2)10-18(15(19)20-16(3,4)5)11-13-8-6-7-9-14(13)17/h6-9H,1,10-11H2,2-5H3. The van der Waals surface area contributed by atoms with Crippen molar-refractivity contribution in [3.63, 3.8) is 0 Å². The predicted molar refractivity (Wildman–Crippen MR) is 90.6 cm³/mol. The number of rotatable bonds is 4. The van der Waals surface area contributed by atoms with Crippen LogP contribution in [0.5, 0.6) is 0 Å². The Hall–Kier alpha value is -1.04. The number of ether oxygens (including phenoxy) is 1. The van der Waals surface area contributed by atoms with Gasteiger partial charge in [0.2, 0.25) is 0 Å². The van der Waals surface area contributed by atoms with Crippen molar-refractivity contribution in [3.8, 4) is 0 Å². The monoisotopic (exact) mass is 387 g/mol. The molecule has 0 saturated carbocycles. The highest BCUT2D eigenvalue weighted by molar-refractivity contribution is 14.1. The van der Waals surface area contributed by atoms with E-state index in [-0.39, 0.29) is 6.09 Å². The number of amides is 1. The van der Waals surface area contributed by atoms with Crippen LogP contribution >= 0.6 is 22.6 Å². The second-order valence-electron chi connectivity index (χ2n) is 5.88. The van der Waals surface area contributed by atoms with Gasteiger partial charge >= 0.3 is 6.09 Å². The lowest BCUT2D eigenvalue weighted by molar-refractivity contribution is 0.0251. The second kappa shape index (κ2) is 7.11. The SMILES string of the molecule is C=C(C)CN(Cc1ccccc1I)C(=O)OC(C)(C)C. The largest absolute Gasteiger partial charge is 0.444 e. The molecule has 1 aromatic carbocycles. The van der Waals surface area contributed by atoms with Crippen molar-refractivity contribution in [2.24, 2.45) is 0 Å². The number of hydrogen-bond donors (Lipinski definition) is 0. The molecule has 3 nitrogen and oxygen atoms in total. The van der Waals surface area contributed by atoms with E-state index in [1.165, 1.54) is 0 Å². The van der Waals surface area contributed by atoms with Crippen molar-refractivity contribution >= 4 is 28.7 Å². The van der Waals surface area contributed by atoms with Crippen molar-refractivity contribution in [1.82, 2.24) is 4.90 Å². The first-order valence-electron chi connectivity index (χ1n) is 6.55. The Morgan fingerprint density at radius 2 is 1.95 bits per heavy atom. The molecular weight excluding hydrogens is 365 g/mol. The van der Waals surface area contributed by atoms with Gasteiger partial charge in [-0.3, -0.25) is 4.90 Å². The van der Waals surface area contributed by atoms with Crippen molar-refractivity contribution in [3.05, 3.63) is 45.6 Å². The average Bonchev–Trinajstić information content (AvgIpc) is 2.28. The van der Waals surface area contributed by atoms with E-state index >= 15 is 0 Å². The summed E-state index contributed by atoms with van der Waals surface area (Å²) in [5.74, 6) is 0. The third-order valence-corrected chi connectivity index (χ3v) is 3.48. The zero-order valence-corrected chi connectivity index (χ0v) is 14.7. The Bertz CT molecular complexity index is 491. The quantitative estimate of drug-likeness (QED) is 0.558. The van der Waals surface area contributed by atoms with E-state index in [0.717, 1.165) is 14.7 Å². The van der Waals surface area contributed by atoms with Gasteiger partial charge in [-0.2, -0.15) is 0 Å². The summed E-state index contributed by atoms with van der Waals surface area (Å²) in [6.45, 7) is 12.4. The molecule has 0 N–H and O–H groups in total. The van der Waals surface area contributed by atoms with E-state index in [9.17, 15) is 4.79 Å². The van der Waals surface area contributed by atoms with Crippen LogP contribution in [0.25, 0.3) is 0 Å². The van der Waals surface area contributed by atoms with Gasteiger partial charge in [0.05, 0.1) is 6.54 Å². The highest BCUT2D eigenvalue weighted by Crippen LogP contribution is 2.17. The molecule has 0 spiro atoms. The number of hydrogen-bond acceptors (Lipinski definition) is 2. The van der Waals surface area contributed by atoms with Gasteiger partial charge in [0, 0.05) is 10.1 Å². The molecule has 4 heteroatoms. The first-order valence-corrected chi connectivity index (χ1v) is 7.62. The zero-order valence-electron chi connectivity index (χ0n) is 12.6. The summed E-state index contributed by atoms with van der Waals surface area (Å²) in [6, 6.07) is 8.02. The maximum absolute atomic E-state index is 12.3. The van der Waals surface area contributed by atoms with Crippen molar-refractivity contribution in [2.45, 2.75) is 39.8 Å². The van der Waals surface area contributed by atoms with Crippen LogP contribution in [0.15, 0.2) is 36.4 Å². The Morgan fingerprint density at radius 1 is 1.35 bits per heavy atom. The van der Waals surface area contributed by atoms with Gasteiger partial charge in [-0.15, -0.1) is 0 Å². The minimum Gasteiger partial charge on any atom is -0.444 e. The van der Waals surface area contributed by atoms with Crippen molar-refractivity contribution in [1.29, 1.82) is 0 Å². The highest BCUT2D eigenvalue weighted by atomic mass is 127. The number of carbonyl (C=O) groups excluding carboxylic acids is 1. The number of benzene rings is 1. The molecule has 0 aromatic heterocycles. The Balaban J connectivity index is 2.87.